The van der Waals surface area contributed by atoms with Crippen LogP contribution >= 0.6 is 11.3 Å². The lowest BCUT2D eigenvalue weighted by Crippen LogP contribution is -2.38. The van der Waals surface area contributed by atoms with Gasteiger partial charge in [0.15, 0.2) is 6.61 Å². The van der Waals surface area contributed by atoms with E-state index in [1.807, 2.05) is 61.2 Å². The molecule has 8 heteroatoms. The minimum absolute atomic E-state index is 0.0691. The first-order valence-electron chi connectivity index (χ1n) is 11.5. The molecule has 1 aromatic carbocycles. The van der Waals surface area contributed by atoms with E-state index in [4.69, 9.17) is 4.74 Å². The Kier molecular flexibility index (Phi) is 7.47. The van der Waals surface area contributed by atoms with Crippen LogP contribution in [0.5, 0.6) is 5.75 Å². The molecule has 0 aliphatic carbocycles. The van der Waals surface area contributed by atoms with Crippen molar-refractivity contribution in [2.24, 2.45) is 0 Å². The standard InChI is InChI=1S/C26H29N3O4S/c1-17-13-18(2)28-25(31)20(17)15-27-26(32)24-21(14-22(34-24)19-9-5-3-6-10-19)33-16-23(30)29-11-7-4-8-12-29/h3,5-6,9-10,13-14H,4,7-8,11-12,15-16H2,1-2H3,(H,27,32)(H,28,31). The number of thiophene rings is 1. The number of hydrogen-bond donors (Lipinski definition) is 2. The Labute approximate surface area is 202 Å². The molecular formula is C26H29N3O4S. The maximum Gasteiger partial charge on any atom is 0.265 e. The zero-order chi connectivity index (χ0) is 24.1. The molecule has 0 radical (unpaired) electrons. The van der Waals surface area contributed by atoms with Crippen molar-refractivity contribution in [1.29, 1.82) is 0 Å². The number of amides is 2. The summed E-state index contributed by atoms with van der Waals surface area (Å²) in [5.41, 5.74) is 2.86. The molecule has 2 N–H and O–H groups in total. The van der Waals surface area contributed by atoms with Crippen molar-refractivity contribution in [2.45, 2.75) is 39.7 Å². The number of aromatic amines is 1. The lowest BCUT2D eigenvalue weighted by molar-refractivity contribution is -0.134. The number of aromatic nitrogens is 1. The molecule has 34 heavy (non-hydrogen) atoms. The second-order valence-corrected chi connectivity index (χ2v) is 9.58. The topological polar surface area (TPSA) is 91.5 Å². The number of piperidine rings is 1. The van der Waals surface area contributed by atoms with Gasteiger partial charge in [-0.1, -0.05) is 30.3 Å². The van der Waals surface area contributed by atoms with Gasteiger partial charge >= 0.3 is 0 Å². The zero-order valence-corrected chi connectivity index (χ0v) is 20.3. The first-order valence-corrected chi connectivity index (χ1v) is 12.3. The maximum atomic E-state index is 13.1. The Morgan fingerprint density at radius 2 is 1.82 bits per heavy atom. The molecule has 4 rings (SSSR count). The second-order valence-electron chi connectivity index (χ2n) is 8.53. The number of carbonyl (C=O) groups excluding carboxylic acids is 2. The van der Waals surface area contributed by atoms with Crippen molar-refractivity contribution < 1.29 is 14.3 Å². The average Bonchev–Trinajstić information content (AvgIpc) is 3.27. The van der Waals surface area contributed by atoms with Crippen LogP contribution in [-0.4, -0.2) is 41.4 Å². The number of hydrogen-bond acceptors (Lipinski definition) is 5. The summed E-state index contributed by atoms with van der Waals surface area (Å²) in [6, 6.07) is 13.4. The molecule has 0 spiro atoms. The van der Waals surface area contributed by atoms with Gasteiger partial charge in [0.1, 0.15) is 10.6 Å². The molecule has 1 aliphatic heterocycles. The molecule has 1 saturated heterocycles. The fourth-order valence-electron chi connectivity index (χ4n) is 4.11. The van der Waals surface area contributed by atoms with E-state index < -0.39 is 0 Å². The number of aryl methyl sites for hydroxylation is 2. The van der Waals surface area contributed by atoms with E-state index in [2.05, 4.69) is 10.3 Å². The van der Waals surface area contributed by atoms with Crippen LogP contribution < -0.4 is 15.6 Å². The highest BCUT2D eigenvalue weighted by Gasteiger charge is 2.22. The fourth-order valence-corrected chi connectivity index (χ4v) is 5.13. The third-order valence-electron chi connectivity index (χ3n) is 5.94. The van der Waals surface area contributed by atoms with Crippen LogP contribution in [0.2, 0.25) is 0 Å². The van der Waals surface area contributed by atoms with Crippen molar-refractivity contribution in [1.82, 2.24) is 15.2 Å². The number of nitrogens with one attached hydrogen (secondary N) is 2. The summed E-state index contributed by atoms with van der Waals surface area (Å²) in [6.07, 6.45) is 3.16. The number of likely N-dealkylation sites (tertiary alicyclic amines) is 1. The van der Waals surface area contributed by atoms with Crippen LogP contribution in [0.25, 0.3) is 10.4 Å². The van der Waals surface area contributed by atoms with E-state index in [1.165, 1.54) is 11.3 Å². The minimum atomic E-state index is -0.341. The first-order chi connectivity index (χ1) is 16.4. The van der Waals surface area contributed by atoms with Crippen LogP contribution in [0.4, 0.5) is 0 Å². The zero-order valence-electron chi connectivity index (χ0n) is 19.5. The fraction of sp³-hybridized carbons (Fsp3) is 0.346. The molecule has 1 aliphatic rings. The molecule has 0 unspecified atom stereocenters. The molecule has 1 fully saturated rings. The number of ether oxygens (including phenoxy) is 1. The van der Waals surface area contributed by atoms with E-state index in [1.54, 1.807) is 0 Å². The van der Waals surface area contributed by atoms with Crippen LogP contribution in [0.15, 0.2) is 47.3 Å². The van der Waals surface area contributed by atoms with Gasteiger partial charge in [-0.2, -0.15) is 0 Å². The lowest BCUT2D eigenvalue weighted by Gasteiger charge is -2.26. The van der Waals surface area contributed by atoms with Gasteiger partial charge in [-0.3, -0.25) is 14.4 Å². The number of pyridine rings is 1. The molecule has 2 aromatic heterocycles. The van der Waals surface area contributed by atoms with Gasteiger partial charge in [0.05, 0.1) is 0 Å². The van der Waals surface area contributed by atoms with Gasteiger partial charge in [0.25, 0.3) is 17.4 Å². The summed E-state index contributed by atoms with van der Waals surface area (Å²) >= 11 is 1.31. The quantitative estimate of drug-likeness (QED) is 0.535. The van der Waals surface area contributed by atoms with Crippen molar-refractivity contribution in [3.05, 3.63) is 74.5 Å². The van der Waals surface area contributed by atoms with E-state index in [0.29, 0.717) is 16.2 Å². The van der Waals surface area contributed by atoms with Gasteiger partial charge in [-0.15, -0.1) is 11.3 Å². The van der Waals surface area contributed by atoms with Gasteiger partial charge in [-0.25, -0.2) is 0 Å². The summed E-state index contributed by atoms with van der Waals surface area (Å²) in [6.45, 7) is 5.16. The molecule has 0 bridgehead atoms. The number of benzene rings is 1. The van der Waals surface area contributed by atoms with E-state index in [0.717, 1.165) is 54.0 Å². The number of nitrogens with zero attached hydrogens (tertiary/aromatic N) is 1. The van der Waals surface area contributed by atoms with Crippen LogP contribution in [-0.2, 0) is 11.3 Å². The maximum absolute atomic E-state index is 13.1. The highest BCUT2D eigenvalue weighted by molar-refractivity contribution is 7.17. The highest BCUT2D eigenvalue weighted by Crippen LogP contribution is 2.36. The summed E-state index contributed by atoms with van der Waals surface area (Å²) in [7, 11) is 0. The number of rotatable bonds is 7. The molecular weight excluding hydrogens is 450 g/mol. The van der Waals surface area contributed by atoms with E-state index in [-0.39, 0.29) is 30.5 Å². The van der Waals surface area contributed by atoms with Gasteiger partial charge in [0.2, 0.25) is 0 Å². The predicted molar refractivity (Wildman–Crippen MR) is 133 cm³/mol. The molecule has 7 nitrogen and oxygen atoms in total. The van der Waals surface area contributed by atoms with E-state index >= 15 is 0 Å². The van der Waals surface area contributed by atoms with Crippen LogP contribution in [0, 0.1) is 13.8 Å². The third-order valence-corrected chi connectivity index (χ3v) is 7.11. The average molecular weight is 480 g/mol. The van der Waals surface area contributed by atoms with Gasteiger partial charge in [-0.05, 0) is 56.4 Å². The third kappa shape index (κ3) is 5.56. The summed E-state index contributed by atoms with van der Waals surface area (Å²) in [4.78, 5) is 43.9. The summed E-state index contributed by atoms with van der Waals surface area (Å²) in [5, 5.41) is 2.85. The monoisotopic (exact) mass is 479 g/mol. The molecule has 2 amide bonds. The van der Waals surface area contributed by atoms with Crippen molar-refractivity contribution >= 4 is 23.2 Å². The summed E-state index contributed by atoms with van der Waals surface area (Å²) in [5.74, 6) is -0.0337. The summed E-state index contributed by atoms with van der Waals surface area (Å²) < 4.78 is 5.88. The van der Waals surface area contributed by atoms with Crippen molar-refractivity contribution in [2.75, 3.05) is 19.7 Å². The highest BCUT2D eigenvalue weighted by atomic mass is 32.1. The van der Waals surface area contributed by atoms with Gasteiger partial charge in [0, 0.05) is 35.8 Å². The molecule has 0 atom stereocenters. The Bertz CT molecular complexity index is 1230. The lowest BCUT2D eigenvalue weighted by atomic mass is 10.1. The predicted octanol–water partition coefficient (Wildman–Crippen LogP) is 4.04. The SMILES string of the molecule is Cc1cc(C)c(CNC(=O)c2sc(-c3ccccc3)cc2OCC(=O)N2CCCCC2)c(=O)[nH]1. The van der Waals surface area contributed by atoms with E-state index in [9.17, 15) is 14.4 Å². The minimum Gasteiger partial charge on any atom is -0.482 e. The first kappa shape index (κ1) is 23.8. The molecule has 0 saturated carbocycles. The Morgan fingerprint density at radius 1 is 1.09 bits per heavy atom. The van der Waals surface area contributed by atoms with Crippen molar-refractivity contribution in [3.8, 4) is 16.2 Å². The Balaban J connectivity index is 1.53. The molecule has 178 valence electrons. The number of carbonyl (C=O) groups is 2. The molecule has 3 aromatic rings. The molecule has 3 heterocycles. The normalized spacial score (nSPS) is 13.5. The van der Waals surface area contributed by atoms with Gasteiger partial charge < -0.3 is 19.9 Å². The smallest absolute Gasteiger partial charge is 0.265 e. The van der Waals surface area contributed by atoms with Crippen molar-refractivity contribution in [3.63, 3.8) is 0 Å². The Morgan fingerprint density at radius 3 is 2.53 bits per heavy atom. The number of H-pyrrole nitrogens is 1. The van der Waals surface area contributed by atoms with Crippen LogP contribution in [0.1, 0.15) is 45.8 Å². The second kappa shape index (κ2) is 10.7. The Hall–Kier alpha value is -3.39. The largest absolute Gasteiger partial charge is 0.482 e. The van der Waals surface area contributed by atoms with Crippen LogP contribution in [0.3, 0.4) is 0 Å².